The van der Waals surface area contributed by atoms with E-state index in [9.17, 15) is 4.79 Å². The lowest BCUT2D eigenvalue weighted by Gasteiger charge is -2.10. The van der Waals surface area contributed by atoms with Crippen molar-refractivity contribution in [1.29, 1.82) is 0 Å². The second-order valence-corrected chi connectivity index (χ2v) is 4.46. The molecule has 0 aliphatic carbocycles. The van der Waals surface area contributed by atoms with Gasteiger partial charge in [0, 0.05) is 6.42 Å². The molecule has 0 spiro atoms. The van der Waals surface area contributed by atoms with E-state index in [-0.39, 0.29) is 6.10 Å². The Labute approximate surface area is 102 Å². The first-order valence-corrected chi connectivity index (χ1v) is 6.05. The summed E-state index contributed by atoms with van der Waals surface area (Å²) in [5, 5.41) is 0. The smallest absolute Gasteiger partial charge is 0.120 e. The maximum atomic E-state index is 10.4. The number of hydrogen-bond acceptors (Lipinski definition) is 3. The van der Waals surface area contributed by atoms with Crippen LogP contribution in [-0.4, -0.2) is 25.6 Å². The maximum Gasteiger partial charge on any atom is 0.120 e. The Hall–Kier alpha value is -1.19. The van der Waals surface area contributed by atoms with Crippen LogP contribution in [0, 0.1) is 5.92 Å². The Morgan fingerprint density at radius 3 is 2.94 bits per heavy atom. The van der Waals surface area contributed by atoms with Crippen molar-refractivity contribution in [3.8, 4) is 0 Å². The quantitative estimate of drug-likeness (QED) is 0.708. The largest absolute Gasteiger partial charge is 0.376 e. The number of rotatable bonds is 6. The van der Waals surface area contributed by atoms with Gasteiger partial charge in [0.15, 0.2) is 0 Å². The van der Waals surface area contributed by atoms with E-state index in [4.69, 9.17) is 9.47 Å². The topological polar surface area (TPSA) is 35.5 Å². The van der Waals surface area contributed by atoms with Gasteiger partial charge in [-0.3, -0.25) is 0 Å². The molecule has 0 saturated carbocycles. The molecule has 3 heteroatoms. The molecule has 0 aromatic heterocycles. The minimum atomic E-state index is 0.156. The molecule has 0 amide bonds. The number of ether oxygens (including phenoxy) is 2. The highest BCUT2D eigenvalue weighted by molar-refractivity contribution is 5.49. The molecule has 1 aliphatic rings. The summed E-state index contributed by atoms with van der Waals surface area (Å²) >= 11 is 0. The molecule has 1 heterocycles. The molecule has 0 N–H and O–H groups in total. The Morgan fingerprint density at radius 2 is 2.18 bits per heavy atom. The van der Waals surface area contributed by atoms with Gasteiger partial charge in [0.25, 0.3) is 0 Å². The first kappa shape index (κ1) is 12.3. The van der Waals surface area contributed by atoms with Crippen LogP contribution in [0.15, 0.2) is 30.3 Å². The standard InChI is InChI=1S/C14H18O3/c15-7-6-13-8-14(17-10-13)11-16-9-12-4-2-1-3-5-12/h1-5,7,13-14H,6,8-11H2. The molecule has 92 valence electrons. The van der Waals surface area contributed by atoms with Crippen LogP contribution in [0.3, 0.4) is 0 Å². The molecule has 3 nitrogen and oxygen atoms in total. The van der Waals surface area contributed by atoms with Crippen LogP contribution >= 0.6 is 0 Å². The molecule has 1 saturated heterocycles. The number of carbonyl (C=O) groups is 1. The number of benzene rings is 1. The molecular weight excluding hydrogens is 216 g/mol. The molecule has 1 aromatic carbocycles. The zero-order chi connectivity index (χ0) is 11.9. The zero-order valence-electron chi connectivity index (χ0n) is 9.88. The summed E-state index contributed by atoms with van der Waals surface area (Å²) < 4.78 is 11.2. The van der Waals surface area contributed by atoms with E-state index in [1.807, 2.05) is 30.3 Å². The summed E-state index contributed by atoms with van der Waals surface area (Å²) in [4.78, 5) is 10.4. The SMILES string of the molecule is O=CCC1COC(COCc2ccccc2)C1. The average Bonchev–Trinajstić information content (AvgIpc) is 2.79. The van der Waals surface area contributed by atoms with Crippen LogP contribution in [0.2, 0.25) is 0 Å². The predicted octanol–water partition coefficient (Wildman–Crippen LogP) is 2.20. The minimum Gasteiger partial charge on any atom is -0.376 e. The molecule has 17 heavy (non-hydrogen) atoms. The lowest BCUT2D eigenvalue weighted by atomic mass is 10.0. The summed E-state index contributed by atoms with van der Waals surface area (Å²) in [6, 6.07) is 10.1. The van der Waals surface area contributed by atoms with E-state index < -0.39 is 0 Å². The number of hydrogen-bond donors (Lipinski definition) is 0. The second kappa shape index (κ2) is 6.52. The Balaban J connectivity index is 1.65. The van der Waals surface area contributed by atoms with E-state index in [1.54, 1.807) is 0 Å². The predicted molar refractivity (Wildman–Crippen MR) is 64.6 cm³/mol. The van der Waals surface area contributed by atoms with Crippen molar-refractivity contribution in [3.63, 3.8) is 0 Å². The number of aldehydes is 1. The highest BCUT2D eigenvalue weighted by Gasteiger charge is 2.24. The molecule has 0 radical (unpaired) electrons. The first-order chi connectivity index (χ1) is 8.38. The van der Waals surface area contributed by atoms with Gasteiger partial charge in [0.05, 0.1) is 25.9 Å². The van der Waals surface area contributed by atoms with E-state index in [2.05, 4.69) is 0 Å². The summed E-state index contributed by atoms with van der Waals surface area (Å²) in [5.41, 5.74) is 1.18. The van der Waals surface area contributed by atoms with Crippen LogP contribution < -0.4 is 0 Å². The summed E-state index contributed by atoms with van der Waals surface area (Å²) in [7, 11) is 0. The van der Waals surface area contributed by atoms with Crippen molar-refractivity contribution in [2.75, 3.05) is 13.2 Å². The van der Waals surface area contributed by atoms with Crippen molar-refractivity contribution < 1.29 is 14.3 Å². The van der Waals surface area contributed by atoms with E-state index in [0.29, 0.717) is 32.2 Å². The molecular formula is C14H18O3. The summed E-state index contributed by atoms with van der Waals surface area (Å²) in [6.07, 6.45) is 2.67. The van der Waals surface area contributed by atoms with Gasteiger partial charge in [0.2, 0.25) is 0 Å². The fraction of sp³-hybridized carbons (Fsp3) is 0.500. The lowest BCUT2D eigenvalue weighted by Crippen LogP contribution is -2.14. The fourth-order valence-corrected chi connectivity index (χ4v) is 2.08. The lowest BCUT2D eigenvalue weighted by molar-refractivity contribution is -0.108. The van der Waals surface area contributed by atoms with Gasteiger partial charge in [-0.25, -0.2) is 0 Å². The van der Waals surface area contributed by atoms with Gasteiger partial charge in [-0.1, -0.05) is 30.3 Å². The van der Waals surface area contributed by atoms with Crippen molar-refractivity contribution >= 4 is 6.29 Å². The second-order valence-electron chi connectivity index (χ2n) is 4.46. The summed E-state index contributed by atoms with van der Waals surface area (Å²) in [5.74, 6) is 0.387. The molecule has 0 bridgehead atoms. The van der Waals surface area contributed by atoms with E-state index in [0.717, 1.165) is 12.7 Å². The molecule has 1 aliphatic heterocycles. The van der Waals surface area contributed by atoms with Crippen LogP contribution in [0.25, 0.3) is 0 Å². The molecule has 1 fully saturated rings. The third-order valence-corrected chi connectivity index (χ3v) is 3.01. The minimum absolute atomic E-state index is 0.156. The third kappa shape index (κ3) is 3.95. The maximum absolute atomic E-state index is 10.4. The van der Waals surface area contributed by atoms with Crippen LogP contribution in [0.1, 0.15) is 18.4 Å². The van der Waals surface area contributed by atoms with Crippen LogP contribution in [-0.2, 0) is 20.9 Å². The highest BCUT2D eigenvalue weighted by atomic mass is 16.5. The van der Waals surface area contributed by atoms with E-state index >= 15 is 0 Å². The van der Waals surface area contributed by atoms with Crippen molar-refractivity contribution in [2.24, 2.45) is 5.92 Å². The molecule has 2 unspecified atom stereocenters. The van der Waals surface area contributed by atoms with Crippen LogP contribution in [0.5, 0.6) is 0 Å². The normalized spacial score (nSPS) is 23.8. The van der Waals surface area contributed by atoms with E-state index in [1.165, 1.54) is 5.56 Å². The number of carbonyl (C=O) groups excluding carboxylic acids is 1. The van der Waals surface area contributed by atoms with Gasteiger partial charge in [-0.05, 0) is 17.9 Å². The fourth-order valence-electron chi connectivity index (χ4n) is 2.08. The Kier molecular flexibility index (Phi) is 4.71. The van der Waals surface area contributed by atoms with Gasteiger partial charge < -0.3 is 14.3 Å². The van der Waals surface area contributed by atoms with Gasteiger partial charge in [-0.2, -0.15) is 0 Å². The van der Waals surface area contributed by atoms with Crippen LogP contribution in [0.4, 0.5) is 0 Å². The molecule has 1 aromatic rings. The highest BCUT2D eigenvalue weighted by Crippen LogP contribution is 2.22. The zero-order valence-corrected chi connectivity index (χ0v) is 9.88. The molecule has 2 atom stereocenters. The first-order valence-electron chi connectivity index (χ1n) is 6.05. The Morgan fingerprint density at radius 1 is 1.35 bits per heavy atom. The van der Waals surface area contributed by atoms with Crippen molar-refractivity contribution in [1.82, 2.24) is 0 Å². The Bertz CT molecular complexity index is 337. The summed E-state index contributed by atoms with van der Waals surface area (Å²) in [6.45, 7) is 1.93. The van der Waals surface area contributed by atoms with Crippen molar-refractivity contribution in [3.05, 3.63) is 35.9 Å². The van der Waals surface area contributed by atoms with Gasteiger partial charge >= 0.3 is 0 Å². The monoisotopic (exact) mass is 234 g/mol. The molecule has 2 rings (SSSR count). The van der Waals surface area contributed by atoms with Crippen molar-refractivity contribution in [2.45, 2.75) is 25.6 Å². The third-order valence-electron chi connectivity index (χ3n) is 3.01. The van der Waals surface area contributed by atoms with Gasteiger partial charge in [-0.15, -0.1) is 0 Å². The average molecular weight is 234 g/mol. The van der Waals surface area contributed by atoms with Gasteiger partial charge in [0.1, 0.15) is 6.29 Å².